The van der Waals surface area contributed by atoms with E-state index >= 15 is 0 Å². The number of aromatic nitrogens is 1. The molecule has 0 spiro atoms. The Morgan fingerprint density at radius 3 is 2.37 bits per heavy atom. The maximum atomic E-state index is 12.6. The molecule has 6 nitrogen and oxygen atoms in total. The first kappa shape index (κ1) is 21.0. The van der Waals surface area contributed by atoms with Crippen LogP contribution in [0.15, 0.2) is 54.6 Å². The molecule has 0 amide bonds. The number of rotatable bonds is 8. The SMILES string of the molecule is O=C(OCC(=O)c1ccc(OC(F)F)cc1OC(F)F)c1ccc2ccccc2n1. The van der Waals surface area contributed by atoms with Gasteiger partial charge in [0.2, 0.25) is 5.78 Å². The van der Waals surface area contributed by atoms with Crippen molar-refractivity contribution >= 4 is 22.7 Å². The average molecular weight is 423 g/mol. The normalized spacial score (nSPS) is 11.0. The van der Waals surface area contributed by atoms with Gasteiger partial charge in [-0.25, -0.2) is 9.78 Å². The molecule has 2 aromatic carbocycles. The van der Waals surface area contributed by atoms with Gasteiger partial charge in [-0.3, -0.25) is 4.79 Å². The number of hydrogen-bond acceptors (Lipinski definition) is 6. The van der Waals surface area contributed by atoms with Gasteiger partial charge >= 0.3 is 19.2 Å². The zero-order valence-corrected chi connectivity index (χ0v) is 15.1. The summed E-state index contributed by atoms with van der Waals surface area (Å²) in [5.74, 6) is -2.95. The highest BCUT2D eigenvalue weighted by atomic mass is 19.3. The summed E-state index contributed by atoms with van der Waals surface area (Å²) >= 11 is 0. The summed E-state index contributed by atoms with van der Waals surface area (Å²) in [7, 11) is 0. The molecule has 3 rings (SSSR count). The van der Waals surface area contributed by atoms with Gasteiger partial charge in [-0.05, 0) is 24.3 Å². The molecule has 0 unspecified atom stereocenters. The van der Waals surface area contributed by atoms with Crippen LogP contribution in [-0.2, 0) is 4.74 Å². The van der Waals surface area contributed by atoms with Crippen LogP contribution in [0, 0.1) is 0 Å². The molecule has 156 valence electrons. The molecule has 0 saturated carbocycles. The number of para-hydroxylation sites is 1. The first-order valence-electron chi connectivity index (χ1n) is 8.43. The summed E-state index contributed by atoms with van der Waals surface area (Å²) in [5.41, 5.74) is 0.0999. The molecular formula is C20H13F4NO5. The van der Waals surface area contributed by atoms with E-state index in [1.165, 1.54) is 6.07 Å². The smallest absolute Gasteiger partial charge is 0.387 e. The fourth-order valence-corrected chi connectivity index (χ4v) is 2.57. The number of carbonyl (C=O) groups is 2. The number of ketones is 1. The first-order chi connectivity index (χ1) is 14.3. The molecule has 3 aromatic rings. The van der Waals surface area contributed by atoms with Crippen LogP contribution in [0.3, 0.4) is 0 Å². The molecule has 0 aliphatic carbocycles. The van der Waals surface area contributed by atoms with Gasteiger partial charge in [0.05, 0.1) is 11.1 Å². The van der Waals surface area contributed by atoms with Gasteiger partial charge in [0, 0.05) is 11.5 Å². The summed E-state index contributed by atoms with van der Waals surface area (Å²) in [6, 6.07) is 12.7. The van der Waals surface area contributed by atoms with Crippen LogP contribution in [0.4, 0.5) is 17.6 Å². The molecule has 0 atom stereocenters. The molecule has 0 aliphatic rings. The van der Waals surface area contributed by atoms with E-state index in [-0.39, 0.29) is 5.69 Å². The second-order valence-corrected chi connectivity index (χ2v) is 5.80. The minimum Gasteiger partial charge on any atom is -0.453 e. The molecule has 0 saturated heterocycles. The minimum absolute atomic E-state index is 0.0498. The van der Waals surface area contributed by atoms with Crippen LogP contribution >= 0.6 is 0 Å². The highest BCUT2D eigenvalue weighted by Gasteiger charge is 2.20. The van der Waals surface area contributed by atoms with E-state index in [0.29, 0.717) is 5.52 Å². The Bertz CT molecular complexity index is 1070. The summed E-state index contributed by atoms with van der Waals surface area (Å²) in [5, 5.41) is 0.796. The van der Waals surface area contributed by atoms with E-state index in [4.69, 9.17) is 4.74 Å². The Hall–Kier alpha value is -3.69. The number of fused-ring (bicyclic) bond motifs is 1. The van der Waals surface area contributed by atoms with E-state index in [0.717, 1.165) is 23.6 Å². The van der Waals surface area contributed by atoms with Crippen molar-refractivity contribution in [1.29, 1.82) is 0 Å². The maximum Gasteiger partial charge on any atom is 0.387 e. The maximum absolute atomic E-state index is 12.6. The summed E-state index contributed by atoms with van der Waals surface area (Å²) in [6.45, 7) is -7.31. The zero-order chi connectivity index (χ0) is 21.7. The van der Waals surface area contributed by atoms with Crippen LogP contribution in [-0.4, -0.2) is 36.6 Å². The van der Waals surface area contributed by atoms with Crippen LogP contribution in [0.5, 0.6) is 11.5 Å². The Morgan fingerprint density at radius 2 is 1.63 bits per heavy atom. The van der Waals surface area contributed by atoms with Gasteiger partial charge in [-0.15, -0.1) is 0 Å². The molecule has 0 aliphatic heterocycles. The van der Waals surface area contributed by atoms with Gasteiger partial charge in [-0.2, -0.15) is 17.6 Å². The lowest BCUT2D eigenvalue weighted by Gasteiger charge is -2.12. The van der Waals surface area contributed by atoms with Crippen LogP contribution in [0.1, 0.15) is 20.8 Å². The van der Waals surface area contributed by atoms with Gasteiger partial charge < -0.3 is 14.2 Å². The lowest BCUT2D eigenvalue weighted by molar-refractivity contribution is -0.0545. The second-order valence-electron chi connectivity index (χ2n) is 5.80. The zero-order valence-electron chi connectivity index (χ0n) is 15.1. The topological polar surface area (TPSA) is 74.7 Å². The van der Waals surface area contributed by atoms with E-state index in [1.807, 2.05) is 0 Å². The van der Waals surface area contributed by atoms with Crippen molar-refractivity contribution in [2.24, 2.45) is 0 Å². The Balaban J connectivity index is 1.73. The molecule has 0 radical (unpaired) electrons. The fourth-order valence-electron chi connectivity index (χ4n) is 2.57. The van der Waals surface area contributed by atoms with Gasteiger partial charge in [-0.1, -0.05) is 24.3 Å². The number of esters is 1. The standard InChI is InChI=1S/C20H13F4NO5/c21-19(22)29-12-6-7-13(17(9-12)30-20(23)24)16(26)10-28-18(27)15-8-5-11-3-1-2-4-14(11)25-15/h1-9,19-20H,10H2. The average Bonchev–Trinajstić information content (AvgIpc) is 2.70. The predicted molar refractivity (Wildman–Crippen MR) is 96.1 cm³/mol. The minimum atomic E-state index is -3.32. The van der Waals surface area contributed by atoms with Crippen molar-refractivity contribution in [2.75, 3.05) is 6.61 Å². The third-order valence-corrected chi connectivity index (χ3v) is 3.84. The molecule has 10 heteroatoms. The number of carbonyl (C=O) groups excluding carboxylic acids is 2. The van der Waals surface area contributed by atoms with Gasteiger partial charge in [0.15, 0.2) is 6.61 Å². The van der Waals surface area contributed by atoms with Crippen molar-refractivity contribution in [1.82, 2.24) is 4.98 Å². The van der Waals surface area contributed by atoms with Crippen LogP contribution in [0.25, 0.3) is 10.9 Å². The first-order valence-corrected chi connectivity index (χ1v) is 8.43. The van der Waals surface area contributed by atoms with Gasteiger partial charge in [0.1, 0.15) is 17.2 Å². The second kappa shape index (κ2) is 9.21. The highest BCUT2D eigenvalue weighted by Crippen LogP contribution is 2.28. The van der Waals surface area contributed by atoms with Crippen molar-refractivity contribution in [3.8, 4) is 11.5 Å². The Kier molecular flexibility index (Phi) is 6.45. The fraction of sp³-hybridized carbons (Fsp3) is 0.150. The number of pyridine rings is 1. The summed E-state index contributed by atoms with van der Waals surface area (Å²) in [4.78, 5) is 28.6. The lowest BCUT2D eigenvalue weighted by Crippen LogP contribution is -2.17. The van der Waals surface area contributed by atoms with Crippen LogP contribution in [0.2, 0.25) is 0 Å². The van der Waals surface area contributed by atoms with Crippen molar-refractivity contribution in [3.63, 3.8) is 0 Å². The summed E-state index contributed by atoms with van der Waals surface area (Å²) in [6.07, 6.45) is 0. The monoisotopic (exact) mass is 423 g/mol. The number of halogens is 4. The quantitative estimate of drug-likeness (QED) is 0.302. The third kappa shape index (κ3) is 5.22. The Labute approximate surface area is 167 Å². The number of benzene rings is 2. The van der Waals surface area contributed by atoms with Crippen molar-refractivity contribution in [3.05, 3.63) is 65.9 Å². The molecule has 0 bridgehead atoms. The van der Waals surface area contributed by atoms with E-state index < -0.39 is 48.6 Å². The molecule has 1 heterocycles. The molecule has 1 aromatic heterocycles. The van der Waals surface area contributed by atoms with Crippen molar-refractivity contribution < 1.29 is 41.4 Å². The number of ether oxygens (including phenoxy) is 3. The number of Topliss-reactive ketones (excluding diaryl/α,β-unsaturated/α-hetero) is 1. The molecular weight excluding hydrogens is 410 g/mol. The number of nitrogens with zero attached hydrogens (tertiary/aromatic N) is 1. The van der Waals surface area contributed by atoms with E-state index in [2.05, 4.69) is 14.5 Å². The van der Waals surface area contributed by atoms with Crippen molar-refractivity contribution in [2.45, 2.75) is 13.2 Å². The van der Waals surface area contributed by atoms with Crippen LogP contribution < -0.4 is 9.47 Å². The summed E-state index contributed by atoms with van der Waals surface area (Å²) < 4.78 is 63.0. The largest absolute Gasteiger partial charge is 0.453 e. The van der Waals surface area contributed by atoms with E-state index in [9.17, 15) is 27.2 Å². The molecule has 30 heavy (non-hydrogen) atoms. The molecule has 0 N–H and O–H groups in total. The lowest BCUT2D eigenvalue weighted by atomic mass is 10.1. The third-order valence-electron chi connectivity index (χ3n) is 3.84. The highest BCUT2D eigenvalue weighted by molar-refractivity contribution is 6.01. The van der Waals surface area contributed by atoms with E-state index in [1.54, 1.807) is 30.3 Å². The van der Waals surface area contributed by atoms with Gasteiger partial charge in [0.25, 0.3) is 0 Å². The predicted octanol–water partition coefficient (Wildman–Crippen LogP) is 4.48. The number of hydrogen-bond donors (Lipinski definition) is 0. The Morgan fingerprint density at radius 1 is 0.900 bits per heavy atom. The molecule has 0 fully saturated rings. The number of alkyl halides is 4.